The summed E-state index contributed by atoms with van der Waals surface area (Å²) in [6, 6.07) is 5.71. The summed E-state index contributed by atoms with van der Waals surface area (Å²) < 4.78 is 12.2. The van der Waals surface area contributed by atoms with Crippen LogP contribution in [0.2, 0.25) is 0 Å². The van der Waals surface area contributed by atoms with E-state index in [1.165, 1.54) is 0 Å². The van der Waals surface area contributed by atoms with E-state index in [9.17, 15) is 0 Å². The van der Waals surface area contributed by atoms with Gasteiger partial charge < -0.3 is 15.2 Å². The van der Waals surface area contributed by atoms with E-state index in [-0.39, 0.29) is 0 Å². The SMILES string of the molecule is COc1ccc(-c2c(C)nn(C)c2N)cc1OC. The third-order valence-corrected chi connectivity index (χ3v) is 2.94. The van der Waals surface area contributed by atoms with Crippen LogP contribution in [0.5, 0.6) is 11.5 Å². The van der Waals surface area contributed by atoms with Crippen LogP contribution in [0.25, 0.3) is 11.1 Å². The molecule has 0 aliphatic carbocycles. The lowest BCUT2D eigenvalue weighted by atomic mass is 10.1. The molecule has 0 unspecified atom stereocenters. The maximum atomic E-state index is 6.03. The molecule has 96 valence electrons. The van der Waals surface area contributed by atoms with Crippen LogP contribution in [-0.2, 0) is 7.05 Å². The van der Waals surface area contributed by atoms with Crippen molar-refractivity contribution in [2.75, 3.05) is 20.0 Å². The molecule has 0 saturated heterocycles. The highest BCUT2D eigenvalue weighted by Crippen LogP contribution is 2.35. The summed E-state index contributed by atoms with van der Waals surface area (Å²) in [5.41, 5.74) is 8.81. The van der Waals surface area contributed by atoms with Gasteiger partial charge in [-0.05, 0) is 24.6 Å². The van der Waals surface area contributed by atoms with E-state index in [0.29, 0.717) is 17.3 Å². The Morgan fingerprint density at radius 1 is 1.17 bits per heavy atom. The highest BCUT2D eigenvalue weighted by Gasteiger charge is 2.14. The zero-order valence-corrected chi connectivity index (χ0v) is 11.0. The van der Waals surface area contributed by atoms with Gasteiger partial charge in [0, 0.05) is 12.6 Å². The van der Waals surface area contributed by atoms with Crippen molar-refractivity contribution in [3.63, 3.8) is 0 Å². The highest BCUT2D eigenvalue weighted by molar-refractivity contribution is 5.78. The summed E-state index contributed by atoms with van der Waals surface area (Å²) in [5, 5.41) is 4.30. The fourth-order valence-corrected chi connectivity index (χ4v) is 2.02. The van der Waals surface area contributed by atoms with Crippen molar-refractivity contribution in [2.24, 2.45) is 7.05 Å². The third kappa shape index (κ3) is 1.88. The van der Waals surface area contributed by atoms with Gasteiger partial charge in [0.25, 0.3) is 0 Å². The van der Waals surface area contributed by atoms with Gasteiger partial charge in [-0.2, -0.15) is 5.10 Å². The minimum atomic E-state index is 0.639. The number of benzene rings is 1. The molecule has 5 nitrogen and oxygen atoms in total. The van der Waals surface area contributed by atoms with Crippen LogP contribution in [0.1, 0.15) is 5.69 Å². The predicted octanol–water partition coefficient (Wildman–Crippen LogP) is 1.99. The van der Waals surface area contributed by atoms with Gasteiger partial charge in [0.2, 0.25) is 0 Å². The van der Waals surface area contributed by atoms with E-state index in [0.717, 1.165) is 16.8 Å². The molecule has 2 N–H and O–H groups in total. The topological polar surface area (TPSA) is 62.3 Å². The maximum absolute atomic E-state index is 6.03. The molecular formula is C13H17N3O2. The first kappa shape index (κ1) is 12.3. The number of rotatable bonds is 3. The number of nitrogens with zero attached hydrogens (tertiary/aromatic N) is 2. The summed E-state index contributed by atoms with van der Waals surface area (Å²) in [6.45, 7) is 1.93. The molecule has 5 heteroatoms. The molecule has 0 saturated carbocycles. The number of aryl methyl sites for hydroxylation is 2. The summed E-state index contributed by atoms with van der Waals surface area (Å²) in [4.78, 5) is 0. The first-order valence-corrected chi connectivity index (χ1v) is 5.60. The third-order valence-electron chi connectivity index (χ3n) is 2.94. The van der Waals surface area contributed by atoms with Crippen LogP contribution < -0.4 is 15.2 Å². The van der Waals surface area contributed by atoms with Gasteiger partial charge >= 0.3 is 0 Å². The molecule has 1 aromatic heterocycles. The van der Waals surface area contributed by atoms with Crippen molar-refractivity contribution < 1.29 is 9.47 Å². The number of hydrogen-bond donors (Lipinski definition) is 1. The molecule has 1 heterocycles. The van der Waals surface area contributed by atoms with Crippen molar-refractivity contribution in [1.29, 1.82) is 0 Å². The van der Waals surface area contributed by atoms with Gasteiger partial charge in [0.05, 0.1) is 19.9 Å². The van der Waals surface area contributed by atoms with Crippen LogP contribution in [-0.4, -0.2) is 24.0 Å². The minimum absolute atomic E-state index is 0.639. The monoisotopic (exact) mass is 247 g/mol. The number of nitrogen functional groups attached to an aromatic ring is 1. The Balaban J connectivity index is 2.58. The van der Waals surface area contributed by atoms with Gasteiger partial charge in [-0.3, -0.25) is 4.68 Å². The minimum Gasteiger partial charge on any atom is -0.493 e. The largest absolute Gasteiger partial charge is 0.493 e. The average Bonchev–Trinajstić information content (AvgIpc) is 2.62. The second kappa shape index (κ2) is 4.60. The smallest absolute Gasteiger partial charge is 0.161 e. The summed E-state index contributed by atoms with van der Waals surface area (Å²) in [7, 11) is 5.05. The molecule has 0 aliphatic heterocycles. The Morgan fingerprint density at radius 2 is 1.83 bits per heavy atom. The van der Waals surface area contributed by atoms with Gasteiger partial charge in [-0.15, -0.1) is 0 Å². The van der Waals surface area contributed by atoms with Gasteiger partial charge in [0.1, 0.15) is 5.82 Å². The van der Waals surface area contributed by atoms with E-state index < -0.39 is 0 Å². The molecule has 18 heavy (non-hydrogen) atoms. The first-order valence-electron chi connectivity index (χ1n) is 5.60. The molecule has 0 aliphatic rings. The molecule has 0 atom stereocenters. The number of nitrogens with two attached hydrogens (primary N) is 1. The average molecular weight is 247 g/mol. The van der Waals surface area contributed by atoms with E-state index in [2.05, 4.69) is 5.10 Å². The Morgan fingerprint density at radius 3 is 2.33 bits per heavy atom. The van der Waals surface area contributed by atoms with E-state index in [1.807, 2.05) is 32.2 Å². The Bertz CT molecular complexity index is 576. The second-order valence-corrected chi connectivity index (χ2v) is 4.04. The predicted molar refractivity (Wildman–Crippen MR) is 70.9 cm³/mol. The van der Waals surface area contributed by atoms with E-state index in [1.54, 1.807) is 18.9 Å². The summed E-state index contributed by atoms with van der Waals surface area (Å²) in [6.07, 6.45) is 0. The molecule has 0 radical (unpaired) electrons. The highest BCUT2D eigenvalue weighted by atomic mass is 16.5. The molecule has 2 aromatic rings. The standard InChI is InChI=1S/C13H17N3O2/c1-8-12(13(14)16(2)15-8)9-5-6-10(17-3)11(7-9)18-4/h5-7H,14H2,1-4H3. The molecule has 0 spiro atoms. The molecule has 0 amide bonds. The first-order chi connectivity index (χ1) is 8.58. The van der Waals surface area contributed by atoms with E-state index in [4.69, 9.17) is 15.2 Å². The molecular weight excluding hydrogens is 230 g/mol. The van der Waals surface area contributed by atoms with Crippen molar-refractivity contribution in [3.8, 4) is 22.6 Å². The fourth-order valence-electron chi connectivity index (χ4n) is 2.02. The summed E-state index contributed by atoms with van der Waals surface area (Å²) in [5.74, 6) is 2.01. The van der Waals surface area contributed by atoms with Crippen molar-refractivity contribution in [3.05, 3.63) is 23.9 Å². The number of hydrogen-bond acceptors (Lipinski definition) is 4. The lowest BCUT2D eigenvalue weighted by Crippen LogP contribution is -1.98. The lowest BCUT2D eigenvalue weighted by molar-refractivity contribution is 0.355. The lowest BCUT2D eigenvalue weighted by Gasteiger charge is -2.09. The normalized spacial score (nSPS) is 10.4. The maximum Gasteiger partial charge on any atom is 0.161 e. The van der Waals surface area contributed by atoms with E-state index >= 15 is 0 Å². The zero-order valence-electron chi connectivity index (χ0n) is 11.0. The van der Waals surface area contributed by atoms with Crippen LogP contribution >= 0.6 is 0 Å². The quantitative estimate of drug-likeness (QED) is 0.901. The summed E-state index contributed by atoms with van der Waals surface area (Å²) >= 11 is 0. The van der Waals surface area contributed by atoms with Crippen LogP contribution in [0.3, 0.4) is 0 Å². The molecule has 0 bridgehead atoms. The molecule has 0 fully saturated rings. The van der Waals surface area contributed by atoms with Crippen molar-refractivity contribution >= 4 is 5.82 Å². The van der Waals surface area contributed by atoms with Crippen LogP contribution in [0.4, 0.5) is 5.82 Å². The van der Waals surface area contributed by atoms with Gasteiger partial charge in [0.15, 0.2) is 11.5 Å². The second-order valence-electron chi connectivity index (χ2n) is 4.04. The zero-order chi connectivity index (χ0) is 13.3. The Hall–Kier alpha value is -2.17. The number of ether oxygens (including phenoxy) is 2. The molecule has 2 rings (SSSR count). The van der Waals surface area contributed by atoms with Gasteiger partial charge in [-0.25, -0.2) is 0 Å². The number of methoxy groups -OCH3 is 2. The van der Waals surface area contributed by atoms with Gasteiger partial charge in [-0.1, -0.05) is 6.07 Å². The number of aromatic nitrogens is 2. The number of anilines is 1. The van der Waals surface area contributed by atoms with Crippen LogP contribution in [0.15, 0.2) is 18.2 Å². The molecule has 1 aromatic carbocycles. The van der Waals surface area contributed by atoms with Crippen molar-refractivity contribution in [2.45, 2.75) is 6.92 Å². The Kier molecular flexibility index (Phi) is 3.14. The fraction of sp³-hybridized carbons (Fsp3) is 0.308. The van der Waals surface area contributed by atoms with Crippen molar-refractivity contribution in [1.82, 2.24) is 9.78 Å². The Labute approximate surface area is 106 Å². The van der Waals surface area contributed by atoms with Crippen LogP contribution in [0, 0.1) is 6.92 Å².